The summed E-state index contributed by atoms with van der Waals surface area (Å²) in [7, 11) is -5.59. The Hall–Kier alpha value is -3.48. The van der Waals surface area contributed by atoms with E-state index < -0.39 is 20.0 Å². The predicted octanol–water partition coefficient (Wildman–Crippen LogP) is 9.57. The lowest BCUT2D eigenvalue weighted by Gasteiger charge is -2.33. The smallest absolute Gasteiger partial charge is 0.243 e. The molecule has 0 bridgehead atoms. The molecule has 6 aromatic rings. The summed E-state index contributed by atoms with van der Waals surface area (Å²) < 4.78 is 60.1. The summed E-state index contributed by atoms with van der Waals surface area (Å²) in [5.41, 5.74) is 5.01. The topological polar surface area (TPSA) is 116 Å². The third-order valence-electron chi connectivity index (χ3n) is 9.76. The van der Waals surface area contributed by atoms with Crippen LogP contribution in [0.4, 0.5) is 10.3 Å². The van der Waals surface area contributed by atoms with Crippen molar-refractivity contribution in [1.29, 1.82) is 0 Å². The molecule has 2 aromatic heterocycles. The van der Waals surface area contributed by atoms with Gasteiger partial charge in [0.05, 0.1) is 48.4 Å². The minimum absolute atomic E-state index is 0.151. The minimum atomic E-state index is -3.62. The van der Waals surface area contributed by atoms with Crippen LogP contribution in [0, 0.1) is 6.92 Å². The number of para-hydroxylation sites is 1. The first kappa shape index (κ1) is 43.6. The monoisotopic (exact) mass is 950 g/mol. The predicted molar refractivity (Wildman–Crippen MR) is 241 cm³/mol. The summed E-state index contributed by atoms with van der Waals surface area (Å²) in [4.78, 5) is 14.0. The van der Waals surface area contributed by atoms with Gasteiger partial charge in [-0.1, -0.05) is 82.3 Å². The summed E-state index contributed by atoms with van der Waals surface area (Å²) in [6.45, 7) is 5.86. The normalized spacial score (nSPS) is 15.5. The van der Waals surface area contributed by atoms with Crippen molar-refractivity contribution in [2.75, 3.05) is 69.3 Å². The van der Waals surface area contributed by atoms with Gasteiger partial charge in [0, 0.05) is 74.2 Å². The molecule has 0 amide bonds. The van der Waals surface area contributed by atoms with Crippen LogP contribution in [0.1, 0.15) is 5.56 Å². The third-order valence-corrected chi connectivity index (χ3v) is 16.8. The van der Waals surface area contributed by atoms with Gasteiger partial charge in [-0.2, -0.15) is 8.61 Å². The molecule has 0 N–H and O–H groups in total. The number of nitrogens with zero attached hydrogens (tertiary/aromatic N) is 6. The van der Waals surface area contributed by atoms with Crippen LogP contribution in [0.15, 0.2) is 105 Å². The van der Waals surface area contributed by atoms with Crippen LogP contribution in [-0.2, 0) is 20.0 Å². The molecule has 19 heteroatoms. The second kappa shape index (κ2) is 18.6. The van der Waals surface area contributed by atoms with Crippen molar-refractivity contribution in [3.8, 4) is 28.3 Å². The summed E-state index contributed by atoms with van der Waals surface area (Å²) in [5, 5.41) is 6.93. The summed E-state index contributed by atoms with van der Waals surface area (Å²) in [6, 6.07) is 24.8. The Labute approximate surface area is 372 Å². The highest BCUT2D eigenvalue weighted by molar-refractivity contribution is 7.89. The van der Waals surface area contributed by atoms with E-state index in [2.05, 4.69) is 28.9 Å². The minimum Gasteiger partial charge on any atom is -0.496 e. The number of piperazine rings is 2. The van der Waals surface area contributed by atoms with E-state index in [1.165, 1.54) is 61.9 Å². The maximum atomic E-state index is 12.9. The number of thiazole rings is 2. The number of hydrogen-bond donors (Lipinski definition) is 0. The number of benzene rings is 4. The summed E-state index contributed by atoms with van der Waals surface area (Å²) >= 11 is 26.9. The van der Waals surface area contributed by atoms with Crippen molar-refractivity contribution in [3.05, 3.63) is 121 Å². The molecule has 4 heterocycles. The van der Waals surface area contributed by atoms with Gasteiger partial charge in [0.1, 0.15) is 5.75 Å². The largest absolute Gasteiger partial charge is 0.496 e. The van der Waals surface area contributed by atoms with E-state index >= 15 is 0 Å². The zero-order chi connectivity index (χ0) is 41.9. The van der Waals surface area contributed by atoms with Gasteiger partial charge < -0.3 is 14.5 Å². The molecule has 0 saturated carbocycles. The maximum Gasteiger partial charge on any atom is 0.243 e. The van der Waals surface area contributed by atoms with Crippen molar-refractivity contribution >= 4 is 99.4 Å². The highest BCUT2D eigenvalue weighted by Crippen LogP contribution is 2.35. The van der Waals surface area contributed by atoms with E-state index in [1.54, 1.807) is 18.4 Å². The summed E-state index contributed by atoms with van der Waals surface area (Å²) in [5.74, 6) is 0.770. The van der Waals surface area contributed by atoms with Gasteiger partial charge in [0.25, 0.3) is 0 Å². The fourth-order valence-corrected chi connectivity index (χ4v) is 11.9. The van der Waals surface area contributed by atoms with Crippen LogP contribution < -0.4 is 14.5 Å². The van der Waals surface area contributed by atoms with Gasteiger partial charge >= 0.3 is 0 Å². The lowest BCUT2D eigenvalue weighted by atomic mass is 10.1. The fraction of sp³-hybridized carbons (Fsp3) is 0.250. The van der Waals surface area contributed by atoms with Crippen LogP contribution >= 0.6 is 69.1 Å². The second-order valence-corrected chi connectivity index (χ2v) is 20.7. The first-order chi connectivity index (χ1) is 28.2. The van der Waals surface area contributed by atoms with Crippen LogP contribution in [0.3, 0.4) is 0 Å². The number of ether oxygens (including phenoxy) is 1. The van der Waals surface area contributed by atoms with Crippen molar-refractivity contribution in [3.63, 3.8) is 0 Å². The van der Waals surface area contributed by atoms with Crippen molar-refractivity contribution in [1.82, 2.24) is 18.6 Å². The van der Waals surface area contributed by atoms with E-state index in [0.717, 1.165) is 38.5 Å². The standard InChI is InChI=1S/C20H19Cl2N3O3S2.C20H19Cl2N3O2S2/c1-28-19-5-3-2-4-15(19)18-13-29-20(23-18)24-8-10-25(11-9-24)30(26,27)14-6-7-16(21)17(22)12-14;1-14-3-2-4-15(11-14)19-13-28-20(23-19)24-7-9-25(10-8-24)29(26,27)16-5-6-17(21)18(22)12-16/h2-7,12-13H,8-11H2,1H3;2-6,11-13H,7-10H2,1H3. The first-order valence-corrected chi connectivity index (χ1v) is 24.4. The van der Waals surface area contributed by atoms with Crippen LogP contribution in [0.5, 0.6) is 5.75 Å². The van der Waals surface area contributed by atoms with E-state index in [4.69, 9.17) is 61.1 Å². The molecule has 11 nitrogen and oxygen atoms in total. The summed E-state index contributed by atoms with van der Waals surface area (Å²) in [6.07, 6.45) is 0. The number of rotatable bonds is 9. The van der Waals surface area contributed by atoms with E-state index in [1.807, 2.05) is 47.2 Å². The first-order valence-electron chi connectivity index (χ1n) is 18.3. The molecule has 0 unspecified atom stereocenters. The maximum absolute atomic E-state index is 12.9. The lowest BCUT2D eigenvalue weighted by Crippen LogP contribution is -2.48. The molecule has 59 heavy (non-hydrogen) atoms. The van der Waals surface area contributed by atoms with Crippen LogP contribution in [-0.4, -0.2) is 94.9 Å². The number of methoxy groups -OCH3 is 1. The molecule has 0 atom stereocenters. The van der Waals surface area contributed by atoms with Crippen LogP contribution in [0.2, 0.25) is 20.1 Å². The Kier molecular flexibility index (Phi) is 13.8. The van der Waals surface area contributed by atoms with Gasteiger partial charge in [0.2, 0.25) is 20.0 Å². The molecule has 2 saturated heterocycles. The van der Waals surface area contributed by atoms with Crippen molar-refractivity contribution in [2.24, 2.45) is 0 Å². The molecule has 4 aromatic carbocycles. The Morgan fingerprint density at radius 1 is 0.576 bits per heavy atom. The zero-order valence-electron chi connectivity index (χ0n) is 31.8. The number of halogens is 4. The van der Waals surface area contributed by atoms with Gasteiger partial charge in [-0.15, -0.1) is 22.7 Å². The Bertz CT molecular complexity index is 2660. The number of aryl methyl sites for hydroxylation is 1. The Morgan fingerprint density at radius 3 is 1.56 bits per heavy atom. The molecule has 2 aliphatic rings. The molecule has 0 spiro atoms. The number of hydrogen-bond acceptors (Lipinski definition) is 11. The lowest BCUT2D eigenvalue weighted by molar-refractivity contribution is 0.384. The molecular formula is C40H38Cl4N6O5S4. The Balaban J connectivity index is 0.000000179. The molecule has 310 valence electrons. The number of sulfonamides is 2. The third kappa shape index (κ3) is 9.86. The number of anilines is 2. The highest BCUT2D eigenvalue weighted by atomic mass is 35.5. The average Bonchev–Trinajstić information content (AvgIpc) is 3.95. The van der Waals surface area contributed by atoms with Gasteiger partial charge in [0.15, 0.2) is 10.3 Å². The van der Waals surface area contributed by atoms with E-state index in [-0.39, 0.29) is 19.8 Å². The van der Waals surface area contributed by atoms with Gasteiger partial charge in [-0.05, 0) is 61.5 Å². The second-order valence-electron chi connectivity index (χ2n) is 13.5. The highest BCUT2D eigenvalue weighted by Gasteiger charge is 2.31. The molecular weight excluding hydrogens is 915 g/mol. The fourth-order valence-electron chi connectivity index (χ4n) is 6.55. The van der Waals surface area contributed by atoms with Crippen molar-refractivity contribution < 1.29 is 21.6 Å². The van der Waals surface area contributed by atoms with Gasteiger partial charge in [-0.3, -0.25) is 0 Å². The molecule has 2 fully saturated rings. The quantitative estimate of drug-likeness (QED) is 0.140. The molecule has 0 aliphatic carbocycles. The Morgan fingerprint density at radius 2 is 1.07 bits per heavy atom. The van der Waals surface area contributed by atoms with Gasteiger partial charge in [-0.25, -0.2) is 26.8 Å². The van der Waals surface area contributed by atoms with Crippen molar-refractivity contribution in [2.45, 2.75) is 16.7 Å². The van der Waals surface area contributed by atoms with Crippen LogP contribution in [0.25, 0.3) is 22.5 Å². The molecule has 8 rings (SSSR count). The molecule has 2 aliphatic heterocycles. The number of aromatic nitrogens is 2. The molecule has 0 radical (unpaired) electrons. The van der Waals surface area contributed by atoms with E-state index in [0.29, 0.717) is 62.4 Å². The van der Waals surface area contributed by atoms with E-state index in [9.17, 15) is 16.8 Å². The SMILES string of the molecule is COc1ccccc1-c1csc(N2CCN(S(=O)(=O)c3ccc(Cl)c(Cl)c3)CC2)n1.Cc1cccc(-c2csc(N3CCN(S(=O)(=O)c4ccc(Cl)c(Cl)c4)CC3)n2)c1. The average molecular weight is 953 g/mol. The zero-order valence-corrected chi connectivity index (χ0v) is 38.1.